The van der Waals surface area contributed by atoms with Crippen molar-refractivity contribution >= 4 is 5.91 Å². The molecule has 0 spiro atoms. The van der Waals surface area contributed by atoms with E-state index in [0.29, 0.717) is 45.5 Å². The van der Waals surface area contributed by atoms with E-state index in [0.717, 1.165) is 6.54 Å². The second kappa shape index (κ2) is 13.5. The molecule has 0 fully saturated rings. The summed E-state index contributed by atoms with van der Waals surface area (Å²) in [4.78, 5) is 11.1. The third-order valence-corrected chi connectivity index (χ3v) is 3.43. The molecule has 24 heavy (non-hydrogen) atoms. The van der Waals surface area contributed by atoms with E-state index in [9.17, 15) is 9.18 Å². The van der Waals surface area contributed by atoms with E-state index in [1.807, 2.05) is 0 Å². The maximum Gasteiger partial charge on any atom is 0.219 e. The van der Waals surface area contributed by atoms with Gasteiger partial charge in [0.05, 0.1) is 45.2 Å². The van der Waals surface area contributed by atoms with Crippen molar-refractivity contribution in [2.45, 2.75) is 58.9 Å². The maximum absolute atomic E-state index is 14.1. The van der Waals surface area contributed by atoms with Gasteiger partial charge in [-0.3, -0.25) is 4.79 Å². The van der Waals surface area contributed by atoms with Crippen LogP contribution in [-0.4, -0.2) is 69.8 Å². The number of carbonyl (C=O) groups is 1. The molecule has 144 valence electrons. The Labute approximate surface area is 145 Å². The zero-order valence-corrected chi connectivity index (χ0v) is 15.8. The topological polar surface area (TPSA) is 68.8 Å². The van der Waals surface area contributed by atoms with Crippen molar-refractivity contribution in [1.82, 2.24) is 10.6 Å². The Morgan fingerprint density at radius 2 is 1.67 bits per heavy atom. The number of hydrogen-bond acceptors (Lipinski definition) is 5. The molecule has 0 aliphatic carbocycles. The minimum absolute atomic E-state index is 0.0429. The van der Waals surface area contributed by atoms with Crippen molar-refractivity contribution in [3.8, 4) is 0 Å². The van der Waals surface area contributed by atoms with Gasteiger partial charge in [0.1, 0.15) is 6.17 Å². The molecule has 1 unspecified atom stereocenters. The highest BCUT2D eigenvalue weighted by molar-refractivity contribution is 5.75. The Hall–Kier alpha value is -0.760. The lowest BCUT2D eigenvalue weighted by atomic mass is 10.0. The first kappa shape index (κ1) is 23.2. The molecule has 7 heteroatoms. The Morgan fingerprint density at radius 1 is 1.08 bits per heavy atom. The van der Waals surface area contributed by atoms with Gasteiger partial charge in [0.25, 0.3) is 0 Å². The van der Waals surface area contributed by atoms with Crippen molar-refractivity contribution in [1.29, 1.82) is 0 Å². The van der Waals surface area contributed by atoms with E-state index in [-0.39, 0.29) is 12.5 Å². The second-order valence-electron chi connectivity index (χ2n) is 6.41. The predicted molar refractivity (Wildman–Crippen MR) is 93.0 cm³/mol. The number of ether oxygens (including phenoxy) is 3. The van der Waals surface area contributed by atoms with Crippen LogP contribution in [0.2, 0.25) is 0 Å². The molecule has 0 aromatic heterocycles. The van der Waals surface area contributed by atoms with Crippen LogP contribution in [0.1, 0.15) is 41.0 Å². The van der Waals surface area contributed by atoms with Gasteiger partial charge >= 0.3 is 0 Å². The van der Waals surface area contributed by atoms with E-state index in [2.05, 4.69) is 24.5 Å². The first-order chi connectivity index (χ1) is 11.3. The van der Waals surface area contributed by atoms with Crippen LogP contribution in [0.4, 0.5) is 4.39 Å². The van der Waals surface area contributed by atoms with Crippen molar-refractivity contribution in [2.24, 2.45) is 0 Å². The molecule has 2 N–H and O–H groups in total. The highest BCUT2D eigenvalue weighted by Gasteiger charge is 2.30. The van der Waals surface area contributed by atoms with Crippen LogP contribution in [0.3, 0.4) is 0 Å². The van der Waals surface area contributed by atoms with Crippen molar-refractivity contribution < 1.29 is 23.4 Å². The fourth-order valence-corrected chi connectivity index (χ4v) is 1.77. The van der Waals surface area contributed by atoms with Crippen molar-refractivity contribution in [2.75, 3.05) is 46.1 Å². The number of amides is 1. The van der Waals surface area contributed by atoms with Gasteiger partial charge in [-0.05, 0) is 13.8 Å². The normalized spacial score (nSPS) is 13.3. The minimum Gasteiger partial charge on any atom is -0.378 e. The summed E-state index contributed by atoms with van der Waals surface area (Å²) in [5, 5.41) is 5.79. The summed E-state index contributed by atoms with van der Waals surface area (Å²) in [7, 11) is 0. The number of halogens is 1. The zero-order chi connectivity index (χ0) is 18.4. The molecule has 1 atom stereocenters. The van der Waals surface area contributed by atoms with E-state index in [1.165, 1.54) is 0 Å². The summed E-state index contributed by atoms with van der Waals surface area (Å²) < 4.78 is 30.4. The maximum atomic E-state index is 14.1. The van der Waals surface area contributed by atoms with Crippen LogP contribution in [0, 0.1) is 0 Å². The summed E-state index contributed by atoms with van der Waals surface area (Å²) >= 11 is 0. The fraction of sp³-hybridized carbons (Fsp3) is 0.941. The summed E-state index contributed by atoms with van der Waals surface area (Å²) in [6, 6.07) is 0.458. The number of nitrogens with one attached hydrogen (secondary N) is 2. The standard InChI is InChI=1S/C17H35FN2O4/c1-6-16(21)20-13-15(18)17(4,5)24-12-11-23-10-9-22-8-7-19-14(2)3/h14-15,19H,6-13H2,1-5H3,(H,20,21). The third kappa shape index (κ3) is 12.6. The molecule has 0 aliphatic rings. The molecule has 0 aromatic carbocycles. The van der Waals surface area contributed by atoms with E-state index in [4.69, 9.17) is 14.2 Å². The molecular weight excluding hydrogens is 315 g/mol. The number of alkyl halides is 1. The van der Waals surface area contributed by atoms with Gasteiger partial charge in [0, 0.05) is 19.0 Å². The molecule has 0 rings (SSSR count). The van der Waals surface area contributed by atoms with Crippen molar-refractivity contribution in [3.63, 3.8) is 0 Å². The van der Waals surface area contributed by atoms with Crippen LogP contribution >= 0.6 is 0 Å². The molecule has 0 saturated carbocycles. The van der Waals surface area contributed by atoms with Gasteiger partial charge in [-0.1, -0.05) is 20.8 Å². The monoisotopic (exact) mass is 350 g/mol. The minimum atomic E-state index is -1.27. The number of rotatable bonds is 15. The molecule has 0 radical (unpaired) electrons. The van der Waals surface area contributed by atoms with E-state index in [1.54, 1.807) is 20.8 Å². The molecule has 0 saturated heterocycles. The van der Waals surface area contributed by atoms with Crippen LogP contribution in [0.5, 0.6) is 0 Å². The average Bonchev–Trinajstić information content (AvgIpc) is 2.53. The SMILES string of the molecule is CCC(=O)NCC(F)C(C)(C)OCCOCCOCCNC(C)C. The Morgan fingerprint density at radius 3 is 2.25 bits per heavy atom. The van der Waals surface area contributed by atoms with Crippen LogP contribution < -0.4 is 10.6 Å². The smallest absolute Gasteiger partial charge is 0.219 e. The fourth-order valence-electron chi connectivity index (χ4n) is 1.77. The van der Waals surface area contributed by atoms with Crippen LogP contribution in [0.15, 0.2) is 0 Å². The van der Waals surface area contributed by atoms with Gasteiger partial charge in [-0.2, -0.15) is 0 Å². The molecule has 1 amide bonds. The molecule has 0 aliphatic heterocycles. The summed E-state index contributed by atoms with van der Waals surface area (Å²) in [5.74, 6) is -0.166. The highest BCUT2D eigenvalue weighted by atomic mass is 19.1. The average molecular weight is 350 g/mol. The van der Waals surface area contributed by atoms with Gasteiger partial charge in [0.15, 0.2) is 0 Å². The Balaban J connectivity index is 3.58. The molecule has 0 bridgehead atoms. The first-order valence-corrected chi connectivity index (χ1v) is 8.73. The molecule has 0 aromatic rings. The summed E-state index contributed by atoms with van der Waals surface area (Å²) in [5.41, 5.74) is -0.969. The lowest BCUT2D eigenvalue weighted by Crippen LogP contribution is -2.44. The second-order valence-corrected chi connectivity index (χ2v) is 6.41. The van der Waals surface area contributed by atoms with Gasteiger partial charge in [-0.25, -0.2) is 4.39 Å². The predicted octanol–water partition coefficient (Wildman–Crippen LogP) is 1.68. The summed E-state index contributed by atoms with van der Waals surface area (Å²) in [6.45, 7) is 12.4. The highest BCUT2D eigenvalue weighted by Crippen LogP contribution is 2.17. The van der Waals surface area contributed by atoms with E-state index >= 15 is 0 Å². The Kier molecular flexibility index (Phi) is 13.1. The molecular formula is C17H35FN2O4. The largest absolute Gasteiger partial charge is 0.378 e. The van der Waals surface area contributed by atoms with Gasteiger partial charge in [0.2, 0.25) is 5.91 Å². The zero-order valence-electron chi connectivity index (χ0n) is 15.8. The molecule has 6 nitrogen and oxygen atoms in total. The number of hydrogen-bond donors (Lipinski definition) is 2. The molecule has 0 heterocycles. The first-order valence-electron chi connectivity index (χ1n) is 8.73. The van der Waals surface area contributed by atoms with Gasteiger partial charge < -0.3 is 24.8 Å². The lowest BCUT2D eigenvalue weighted by molar-refractivity contribution is -0.122. The summed E-state index contributed by atoms with van der Waals surface area (Å²) in [6.07, 6.45) is -0.929. The Bertz CT molecular complexity index is 328. The third-order valence-electron chi connectivity index (χ3n) is 3.43. The van der Waals surface area contributed by atoms with Crippen LogP contribution in [-0.2, 0) is 19.0 Å². The van der Waals surface area contributed by atoms with Gasteiger partial charge in [-0.15, -0.1) is 0 Å². The quantitative estimate of drug-likeness (QED) is 0.440. The number of carbonyl (C=O) groups excluding carboxylic acids is 1. The van der Waals surface area contributed by atoms with Crippen LogP contribution in [0.25, 0.3) is 0 Å². The van der Waals surface area contributed by atoms with E-state index < -0.39 is 11.8 Å². The van der Waals surface area contributed by atoms with Crippen molar-refractivity contribution in [3.05, 3.63) is 0 Å². The lowest BCUT2D eigenvalue weighted by Gasteiger charge is -2.29.